The largest absolute Gasteiger partial charge is 0.340 e. The van der Waals surface area contributed by atoms with E-state index in [9.17, 15) is 9.18 Å². The summed E-state index contributed by atoms with van der Waals surface area (Å²) < 4.78 is 15.4. The number of rotatable bonds is 6. The van der Waals surface area contributed by atoms with Gasteiger partial charge in [-0.15, -0.1) is 0 Å². The number of aromatic nitrogens is 2. The van der Waals surface area contributed by atoms with Gasteiger partial charge in [0.15, 0.2) is 0 Å². The third-order valence-electron chi connectivity index (χ3n) is 5.48. The Kier molecular flexibility index (Phi) is 5.71. The molecule has 0 radical (unpaired) electrons. The second kappa shape index (κ2) is 8.57. The first-order valence-electron chi connectivity index (χ1n) is 9.95. The number of halogens is 1. The molecule has 1 N–H and O–H groups in total. The lowest BCUT2D eigenvalue weighted by molar-refractivity contribution is -0.127. The van der Waals surface area contributed by atoms with E-state index in [0.29, 0.717) is 5.82 Å². The standard InChI is InChI=1S/C23H25FN4O/c1-27-16-13-25-22(27)20(17-9-11-19(24)12-10-17)26-23(29)21(28-14-5-6-15-28)18-7-3-2-4-8-18/h2-4,7-13,16,20-21H,5-6,14-15H2,1H3,(H,26,29)/t20-,21+/m1/s1. The van der Waals surface area contributed by atoms with Gasteiger partial charge in [-0.25, -0.2) is 9.37 Å². The van der Waals surface area contributed by atoms with Crippen molar-refractivity contribution in [1.29, 1.82) is 0 Å². The minimum Gasteiger partial charge on any atom is -0.340 e. The second-order valence-electron chi connectivity index (χ2n) is 7.45. The van der Waals surface area contributed by atoms with E-state index in [1.807, 2.05) is 48.1 Å². The molecule has 5 nitrogen and oxygen atoms in total. The second-order valence-corrected chi connectivity index (χ2v) is 7.45. The van der Waals surface area contributed by atoms with E-state index in [1.54, 1.807) is 18.3 Å². The molecule has 2 atom stereocenters. The van der Waals surface area contributed by atoms with E-state index in [1.165, 1.54) is 12.1 Å². The number of amides is 1. The first kappa shape index (κ1) is 19.3. The van der Waals surface area contributed by atoms with Crippen LogP contribution in [0.25, 0.3) is 0 Å². The fourth-order valence-corrected chi connectivity index (χ4v) is 3.99. The number of nitrogens with one attached hydrogen (secondary N) is 1. The molecule has 0 unspecified atom stereocenters. The van der Waals surface area contributed by atoms with Crippen molar-refractivity contribution in [3.05, 3.63) is 89.8 Å². The van der Waals surface area contributed by atoms with Crippen LogP contribution < -0.4 is 5.32 Å². The zero-order valence-corrected chi connectivity index (χ0v) is 16.5. The van der Waals surface area contributed by atoms with E-state index in [-0.39, 0.29) is 17.8 Å². The van der Waals surface area contributed by atoms with E-state index in [0.717, 1.165) is 37.1 Å². The van der Waals surface area contributed by atoms with Crippen LogP contribution in [0.2, 0.25) is 0 Å². The topological polar surface area (TPSA) is 50.2 Å². The number of aryl methyl sites for hydroxylation is 1. The van der Waals surface area contributed by atoms with E-state index in [2.05, 4.69) is 15.2 Å². The average molecular weight is 392 g/mol. The van der Waals surface area contributed by atoms with Crippen molar-refractivity contribution in [2.24, 2.45) is 7.05 Å². The van der Waals surface area contributed by atoms with Crippen LogP contribution in [0, 0.1) is 5.82 Å². The summed E-state index contributed by atoms with van der Waals surface area (Å²) in [6.07, 6.45) is 5.73. The van der Waals surface area contributed by atoms with Crippen molar-refractivity contribution in [2.75, 3.05) is 13.1 Å². The van der Waals surface area contributed by atoms with Gasteiger partial charge < -0.3 is 9.88 Å². The zero-order chi connectivity index (χ0) is 20.2. The SMILES string of the molecule is Cn1ccnc1[C@H](NC(=O)[C@H](c1ccccc1)N1CCCC1)c1ccc(F)cc1. The number of carbonyl (C=O) groups is 1. The number of hydrogen-bond donors (Lipinski definition) is 1. The van der Waals surface area contributed by atoms with Gasteiger partial charge in [-0.2, -0.15) is 0 Å². The van der Waals surface area contributed by atoms with Crippen LogP contribution in [0.5, 0.6) is 0 Å². The highest BCUT2D eigenvalue weighted by Crippen LogP contribution is 2.28. The maximum absolute atomic E-state index is 13.5. The number of benzene rings is 2. The Labute approximate surface area is 170 Å². The Bertz CT molecular complexity index is 949. The van der Waals surface area contributed by atoms with Crippen molar-refractivity contribution in [3.8, 4) is 0 Å². The van der Waals surface area contributed by atoms with Gasteiger partial charge in [0.25, 0.3) is 0 Å². The number of nitrogens with zero attached hydrogens (tertiary/aromatic N) is 3. The minimum atomic E-state index is -0.461. The Morgan fingerprint density at radius 1 is 1.03 bits per heavy atom. The van der Waals surface area contributed by atoms with Crippen LogP contribution in [-0.4, -0.2) is 33.4 Å². The lowest BCUT2D eigenvalue weighted by Crippen LogP contribution is -2.41. The number of imidazole rings is 1. The first-order valence-corrected chi connectivity index (χ1v) is 9.95. The van der Waals surface area contributed by atoms with Crippen molar-refractivity contribution >= 4 is 5.91 Å². The molecule has 4 rings (SSSR count). The Morgan fingerprint density at radius 3 is 2.34 bits per heavy atom. The Morgan fingerprint density at radius 2 is 1.72 bits per heavy atom. The van der Waals surface area contributed by atoms with Crippen LogP contribution in [0.3, 0.4) is 0 Å². The predicted octanol–water partition coefficient (Wildman–Crippen LogP) is 3.60. The molecule has 2 aromatic carbocycles. The third-order valence-corrected chi connectivity index (χ3v) is 5.48. The molecule has 1 fully saturated rings. The molecule has 150 valence electrons. The van der Waals surface area contributed by atoms with Crippen LogP contribution in [-0.2, 0) is 11.8 Å². The molecule has 1 aromatic heterocycles. The quantitative estimate of drug-likeness (QED) is 0.697. The first-order chi connectivity index (χ1) is 14.1. The molecule has 0 spiro atoms. The van der Waals surface area contributed by atoms with E-state index >= 15 is 0 Å². The lowest BCUT2D eigenvalue weighted by atomic mass is 10.0. The zero-order valence-electron chi connectivity index (χ0n) is 16.5. The van der Waals surface area contributed by atoms with Crippen molar-refractivity contribution in [3.63, 3.8) is 0 Å². The van der Waals surface area contributed by atoms with E-state index in [4.69, 9.17) is 0 Å². The molecular weight excluding hydrogens is 367 g/mol. The maximum atomic E-state index is 13.5. The monoisotopic (exact) mass is 392 g/mol. The summed E-state index contributed by atoms with van der Waals surface area (Å²) in [5.74, 6) is 0.325. The van der Waals surface area contributed by atoms with Crippen molar-refractivity contribution in [2.45, 2.75) is 24.9 Å². The fourth-order valence-electron chi connectivity index (χ4n) is 3.99. The number of likely N-dealkylation sites (tertiary alicyclic amines) is 1. The Balaban J connectivity index is 1.67. The van der Waals surface area contributed by atoms with Gasteiger partial charge in [0.05, 0.1) is 0 Å². The number of hydrogen-bond acceptors (Lipinski definition) is 3. The maximum Gasteiger partial charge on any atom is 0.242 e. The van der Waals surface area contributed by atoms with Crippen LogP contribution in [0.1, 0.15) is 41.9 Å². The molecule has 1 aliphatic heterocycles. The average Bonchev–Trinajstić information content (AvgIpc) is 3.40. The fraction of sp³-hybridized carbons (Fsp3) is 0.304. The molecule has 29 heavy (non-hydrogen) atoms. The molecule has 0 aliphatic carbocycles. The third kappa shape index (κ3) is 4.22. The summed E-state index contributed by atoms with van der Waals surface area (Å²) >= 11 is 0. The highest BCUT2D eigenvalue weighted by Gasteiger charge is 2.32. The summed E-state index contributed by atoms with van der Waals surface area (Å²) in [4.78, 5) is 20.2. The molecule has 0 saturated carbocycles. The summed E-state index contributed by atoms with van der Waals surface area (Å²) in [6.45, 7) is 1.80. The van der Waals surface area contributed by atoms with Gasteiger partial charge >= 0.3 is 0 Å². The summed E-state index contributed by atoms with van der Waals surface area (Å²) in [5.41, 5.74) is 1.77. The normalized spacial score (nSPS) is 16.5. The minimum absolute atomic E-state index is 0.0737. The van der Waals surface area contributed by atoms with Gasteiger partial charge in [-0.1, -0.05) is 42.5 Å². The summed E-state index contributed by atoms with van der Waals surface area (Å²) in [7, 11) is 1.89. The van der Waals surface area contributed by atoms with Gasteiger partial charge in [-0.05, 0) is 49.2 Å². The molecule has 1 amide bonds. The van der Waals surface area contributed by atoms with Crippen LogP contribution in [0.4, 0.5) is 4.39 Å². The number of carbonyl (C=O) groups excluding carboxylic acids is 1. The van der Waals surface area contributed by atoms with Gasteiger partial charge in [-0.3, -0.25) is 9.69 Å². The highest BCUT2D eigenvalue weighted by molar-refractivity contribution is 5.84. The summed E-state index contributed by atoms with van der Waals surface area (Å²) in [5, 5.41) is 3.19. The summed E-state index contributed by atoms with van der Waals surface area (Å²) in [6, 6.07) is 15.3. The molecule has 2 heterocycles. The smallest absolute Gasteiger partial charge is 0.242 e. The van der Waals surface area contributed by atoms with Crippen LogP contribution >= 0.6 is 0 Å². The van der Waals surface area contributed by atoms with Crippen molar-refractivity contribution < 1.29 is 9.18 Å². The van der Waals surface area contributed by atoms with Crippen LogP contribution in [0.15, 0.2) is 67.0 Å². The predicted molar refractivity (Wildman–Crippen MR) is 110 cm³/mol. The Hall–Kier alpha value is -2.99. The van der Waals surface area contributed by atoms with Gasteiger partial charge in [0.2, 0.25) is 5.91 Å². The lowest BCUT2D eigenvalue weighted by Gasteiger charge is -2.29. The molecular formula is C23H25FN4O. The molecule has 3 aromatic rings. The molecule has 1 saturated heterocycles. The molecule has 1 aliphatic rings. The van der Waals surface area contributed by atoms with Crippen molar-refractivity contribution in [1.82, 2.24) is 19.8 Å². The molecule has 0 bridgehead atoms. The molecule has 6 heteroatoms. The van der Waals surface area contributed by atoms with E-state index < -0.39 is 6.04 Å². The highest BCUT2D eigenvalue weighted by atomic mass is 19.1. The van der Waals surface area contributed by atoms with Gasteiger partial charge in [0, 0.05) is 19.4 Å². The van der Waals surface area contributed by atoms with Gasteiger partial charge in [0.1, 0.15) is 23.7 Å².